The van der Waals surface area contributed by atoms with Crippen LogP contribution in [0.5, 0.6) is 5.75 Å². The molecule has 0 aliphatic heterocycles. The van der Waals surface area contributed by atoms with Gasteiger partial charge in [-0.1, -0.05) is 72.8 Å². The van der Waals surface area contributed by atoms with Crippen LogP contribution in [0.4, 0.5) is 4.79 Å². The van der Waals surface area contributed by atoms with Crippen LogP contribution >= 0.6 is 11.8 Å². The summed E-state index contributed by atoms with van der Waals surface area (Å²) in [5.74, 6) is 1.16. The van der Waals surface area contributed by atoms with Crippen molar-refractivity contribution < 1.29 is 19.1 Å². The van der Waals surface area contributed by atoms with Crippen molar-refractivity contribution in [3.8, 4) is 5.75 Å². The Kier molecular flexibility index (Phi) is 10.5. The predicted octanol–water partition coefficient (Wildman–Crippen LogP) is 6.55. The van der Waals surface area contributed by atoms with Gasteiger partial charge in [0.15, 0.2) is 0 Å². The van der Waals surface area contributed by atoms with Gasteiger partial charge in [-0.3, -0.25) is 4.79 Å². The highest BCUT2D eigenvalue weighted by Gasteiger charge is 2.38. The van der Waals surface area contributed by atoms with Gasteiger partial charge >= 0.3 is 6.09 Å². The maximum Gasteiger partial charge on any atom is 0.408 e. The highest BCUT2D eigenvalue weighted by Crippen LogP contribution is 2.33. The Balaban J connectivity index is 1.79. The number of hydrogen-bond donors (Lipinski definition) is 2. The number of alkyl carbamates (subject to hydrolysis) is 1. The fourth-order valence-corrected chi connectivity index (χ4v) is 5.22. The van der Waals surface area contributed by atoms with Crippen LogP contribution in [0.2, 0.25) is 0 Å². The highest BCUT2D eigenvalue weighted by atomic mass is 32.2. The van der Waals surface area contributed by atoms with Crippen LogP contribution in [0, 0.1) is 0 Å². The Hall–Kier alpha value is -3.45. The first-order chi connectivity index (χ1) is 18.5. The van der Waals surface area contributed by atoms with Gasteiger partial charge in [0.05, 0.1) is 7.11 Å². The number of amides is 2. The van der Waals surface area contributed by atoms with E-state index in [4.69, 9.17) is 9.47 Å². The number of carbonyl (C=O) groups excluding carboxylic acids is 2. The first kappa shape index (κ1) is 30.1. The molecule has 0 saturated carbocycles. The number of hydrogen-bond acceptors (Lipinski definition) is 5. The number of methoxy groups -OCH3 is 1. The van der Waals surface area contributed by atoms with Gasteiger partial charge < -0.3 is 20.1 Å². The van der Waals surface area contributed by atoms with E-state index < -0.39 is 22.5 Å². The fourth-order valence-electron chi connectivity index (χ4n) is 4.16. The average Bonchev–Trinajstić information content (AvgIpc) is 2.91. The Morgan fingerprint density at radius 2 is 1.36 bits per heavy atom. The van der Waals surface area contributed by atoms with Crippen molar-refractivity contribution >= 4 is 23.8 Å². The smallest absolute Gasteiger partial charge is 0.408 e. The second-order valence-electron chi connectivity index (χ2n) is 10.9. The molecular weight excluding hydrogens is 508 g/mol. The molecule has 0 spiro atoms. The molecule has 3 aromatic rings. The Morgan fingerprint density at radius 1 is 0.821 bits per heavy atom. The van der Waals surface area contributed by atoms with E-state index in [1.165, 1.54) is 0 Å². The Morgan fingerprint density at radius 3 is 1.85 bits per heavy atom. The SMILES string of the molecule is COc1ccc(CSC(C)(C)[C@H](NC(=O)OC(C)(C)C)C(=O)NCC(c2ccccc2)c2ccccc2)cc1. The van der Waals surface area contributed by atoms with Crippen LogP contribution in [0.3, 0.4) is 0 Å². The maximum absolute atomic E-state index is 13.7. The molecule has 6 nitrogen and oxygen atoms in total. The molecule has 0 radical (unpaired) electrons. The van der Waals surface area contributed by atoms with Gasteiger partial charge in [0.1, 0.15) is 17.4 Å². The monoisotopic (exact) mass is 548 g/mol. The van der Waals surface area contributed by atoms with Crippen molar-refractivity contribution in [2.75, 3.05) is 13.7 Å². The molecule has 0 saturated heterocycles. The zero-order chi connectivity index (χ0) is 28.5. The van der Waals surface area contributed by atoms with E-state index in [9.17, 15) is 9.59 Å². The molecule has 2 N–H and O–H groups in total. The minimum absolute atomic E-state index is 0.0337. The summed E-state index contributed by atoms with van der Waals surface area (Å²) in [5.41, 5.74) is 2.62. The molecule has 0 heterocycles. The van der Waals surface area contributed by atoms with E-state index in [1.807, 2.05) is 74.5 Å². The maximum atomic E-state index is 13.7. The Bertz CT molecular complexity index is 1150. The first-order valence-electron chi connectivity index (χ1n) is 13.1. The largest absolute Gasteiger partial charge is 0.497 e. The fraction of sp³-hybridized carbons (Fsp3) is 0.375. The topological polar surface area (TPSA) is 76.7 Å². The van der Waals surface area contributed by atoms with Crippen molar-refractivity contribution in [3.05, 3.63) is 102 Å². The average molecular weight is 549 g/mol. The highest BCUT2D eigenvalue weighted by molar-refractivity contribution is 7.99. The van der Waals surface area contributed by atoms with Gasteiger partial charge in [-0.2, -0.15) is 0 Å². The van der Waals surface area contributed by atoms with E-state index in [0.717, 1.165) is 22.4 Å². The lowest BCUT2D eigenvalue weighted by molar-refractivity contribution is -0.123. The molecule has 0 unspecified atom stereocenters. The number of ether oxygens (including phenoxy) is 2. The van der Waals surface area contributed by atoms with Crippen molar-refractivity contribution in [1.82, 2.24) is 10.6 Å². The summed E-state index contributed by atoms with van der Waals surface area (Å²) in [5, 5.41) is 5.99. The third kappa shape index (κ3) is 9.36. The standard InChI is InChI=1S/C32H40N2O4S/c1-31(2,3)38-30(36)34-28(32(4,5)39-22-23-17-19-26(37-6)20-18-23)29(35)33-21-27(24-13-9-7-10-14-24)25-15-11-8-12-16-25/h7-20,27-28H,21-22H2,1-6H3,(H,33,35)(H,34,36)/t28-/m1/s1. The van der Waals surface area contributed by atoms with Crippen LogP contribution in [0.25, 0.3) is 0 Å². The van der Waals surface area contributed by atoms with Gasteiger partial charge in [0.2, 0.25) is 5.91 Å². The minimum Gasteiger partial charge on any atom is -0.497 e. The van der Waals surface area contributed by atoms with Gasteiger partial charge in [-0.25, -0.2) is 4.79 Å². The molecule has 0 aliphatic rings. The Labute approximate surface area is 236 Å². The van der Waals surface area contributed by atoms with Gasteiger partial charge in [-0.15, -0.1) is 11.8 Å². The molecule has 0 bridgehead atoms. The molecule has 39 heavy (non-hydrogen) atoms. The zero-order valence-corrected chi connectivity index (χ0v) is 24.5. The second-order valence-corrected chi connectivity index (χ2v) is 12.6. The summed E-state index contributed by atoms with van der Waals surface area (Å²) < 4.78 is 10.1. The van der Waals surface area contributed by atoms with E-state index in [-0.39, 0.29) is 11.8 Å². The summed E-state index contributed by atoms with van der Waals surface area (Å²) in [4.78, 5) is 26.6. The minimum atomic E-state index is -0.831. The number of thioether (sulfide) groups is 1. The third-order valence-corrected chi connectivity index (χ3v) is 7.73. The van der Waals surface area contributed by atoms with Gasteiger partial charge in [0.25, 0.3) is 0 Å². The summed E-state index contributed by atoms with van der Waals surface area (Å²) in [6.45, 7) is 9.72. The normalized spacial score (nSPS) is 12.5. The van der Waals surface area contributed by atoms with Crippen LogP contribution in [0.1, 0.15) is 57.2 Å². The van der Waals surface area contributed by atoms with E-state index in [1.54, 1.807) is 39.6 Å². The second kappa shape index (κ2) is 13.6. The van der Waals surface area contributed by atoms with Crippen molar-refractivity contribution in [2.24, 2.45) is 0 Å². The van der Waals surface area contributed by atoms with E-state index in [2.05, 4.69) is 34.9 Å². The summed E-state index contributed by atoms with van der Waals surface area (Å²) in [7, 11) is 1.64. The molecule has 7 heteroatoms. The predicted molar refractivity (Wildman–Crippen MR) is 159 cm³/mol. The molecular formula is C32H40N2O4S. The lowest BCUT2D eigenvalue weighted by Crippen LogP contribution is -2.57. The van der Waals surface area contributed by atoms with Crippen molar-refractivity contribution in [2.45, 2.75) is 62.7 Å². The number of rotatable bonds is 11. The van der Waals surface area contributed by atoms with Crippen molar-refractivity contribution in [3.63, 3.8) is 0 Å². The third-order valence-electron chi connectivity index (χ3n) is 6.27. The molecule has 208 valence electrons. The van der Waals surface area contributed by atoms with Gasteiger partial charge in [0, 0.05) is 23.0 Å². The van der Waals surface area contributed by atoms with Gasteiger partial charge in [-0.05, 0) is 63.4 Å². The molecule has 1 atom stereocenters. The van der Waals surface area contributed by atoms with Crippen LogP contribution in [-0.4, -0.2) is 42.0 Å². The summed E-state index contributed by atoms with van der Waals surface area (Å²) >= 11 is 1.60. The lowest BCUT2D eigenvalue weighted by atomic mass is 9.91. The first-order valence-corrected chi connectivity index (χ1v) is 14.1. The molecule has 0 fully saturated rings. The molecule has 3 aromatic carbocycles. The zero-order valence-electron chi connectivity index (χ0n) is 23.7. The van der Waals surface area contributed by atoms with E-state index in [0.29, 0.717) is 12.3 Å². The number of nitrogens with one attached hydrogen (secondary N) is 2. The van der Waals surface area contributed by atoms with Crippen LogP contribution in [-0.2, 0) is 15.3 Å². The molecule has 0 aliphatic carbocycles. The number of carbonyl (C=O) groups is 2. The number of benzene rings is 3. The van der Waals surface area contributed by atoms with Crippen LogP contribution < -0.4 is 15.4 Å². The lowest BCUT2D eigenvalue weighted by Gasteiger charge is -2.34. The summed E-state index contributed by atoms with van der Waals surface area (Å²) in [6, 6.07) is 27.2. The van der Waals surface area contributed by atoms with Crippen molar-refractivity contribution in [1.29, 1.82) is 0 Å². The van der Waals surface area contributed by atoms with Crippen LogP contribution in [0.15, 0.2) is 84.9 Å². The quantitative estimate of drug-likeness (QED) is 0.284. The summed E-state index contributed by atoms with van der Waals surface area (Å²) in [6.07, 6.45) is -0.622. The molecule has 2 amide bonds. The molecule has 0 aromatic heterocycles. The molecule has 3 rings (SSSR count). The van der Waals surface area contributed by atoms with E-state index >= 15 is 0 Å².